The molecule has 0 aromatic carbocycles. The Balaban J connectivity index is 2.75. The highest BCUT2D eigenvalue weighted by atomic mass is 16.3. The molecule has 1 rings (SSSR count). The van der Waals surface area contributed by atoms with Crippen LogP contribution >= 0.6 is 0 Å². The summed E-state index contributed by atoms with van der Waals surface area (Å²) >= 11 is 0. The van der Waals surface area contributed by atoms with E-state index in [-0.39, 0.29) is 0 Å². The molecule has 0 aliphatic heterocycles. The van der Waals surface area contributed by atoms with Crippen molar-refractivity contribution in [3.8, 4) is 0 Å². The van der Waals surface area contributed by atoms with Crippen LogP contribution in [0.5, 0.6) is 0 Å². The predicted octanol–water partition coefficient (Wildman–Crippen LogP) is 2.33. The van der Waals surface area contributed by atoms with Crippen molar-refractivity contribution in [1.82, 2.24) is 0 Å². The first-order chi connectivity index (χ1) is 4.29. The van der Waals surface area contributed by atoms with Gasteiger partial charge in [0.2, 0.25) is 0 Å². The second kappa shape index (κ2) is 2.53. The van der Waals surface area contributed by atoms with Gasteiger partial charge in [-0.1, -0.05) is 17.7 Å². The summed E-state index contributed by atoms with van der Waals surface area (Å²) in [4.78, 5) is 0. The molecule has 0 fully saturated rings. The van der Waals surface area contributed by atoms with Crippen LogP contribution in [0, 0.1) is 0 Å². The fraction of sp³-hybridized carbons (Fsp3) is 0.250. The number of hydrogen-bond acceptors (Lipinski definition) is 1. The first-order valence-electron chi connectivity index (χ1n) is 3.03. The lowest BCUT2D eigenvalue weighted by molar-refractivity contribution is 0.431. The molecule has 0 unspecified atom stereocenters. The van der Waals surface area contributed by atoms with Gasteiger partial charge in [0.05, 0.1) is 0 Å². The Morgan fingerprint density at radius 3 is 2.89 bits per heavy atom. The van der Waals surface area contributed by atoms with Crippen molar-refractivity contribution in [2.24, 2.45) is 0 Å². The van der Waals surface area contributed by atoms with E-state index in [4.69, 9.17) is 5.11 Å². The summed E-state index contributed by atoms with van der Waals surface area (Å²) in [5, 5.41) is 8.95. The van der Waals surface area contributed by atoms with Crippen LogP contribution in [0.4, 0.5) is 0 Å². The molecule has 48 valence electrons. The minimum Gasteiger partial charge on any atom is -0.508 e. The van der Waals surface area contributed by atoms with Crippen molar-refractivity contribution in [3.05, 3.63) is 35.6 Å². The van der Waals surface area contributed by atoms with Gasteiger partial charge in [-0.3, -0.25) is 0 Å². The topological polar surface area (TPSA) is 20.2 Å². The zero-order valence-corrected chi connectivity index (χ0v) is 5.46. The van der Waals surface area contributed by atoms with Crippen LogP contribution in [0.25, 0.3) is 0 Å². The van der Waals surface area contributed by atoms with Crippen molar-refractivity contribution in [3.63, 3.8) is 0 Å². The molecule has 0 radical (unpaired) electrons. The smallest absolute Gasteiger partial charge is 0.111 e. The summed E-state index contributed by atoms with van der Waals surface area (Å²) in [6.07, 6.45) is 8.30. The molecule has 0 bridgehead atoms. The van der Waals surface area contributed by atoms with Gasteiger partial charge in [-0.15, -0.1) is 0 Å². The molecule has 0 amide bonds. The highest BCUT2D eigenvalue weighted by Crippen LogP contribution is 2.06. The zero-order valence-electron chi connectivity index (χ0n) is 5.46. The van der Waals surface area contributed by atoms with E-state index in [1.54, 1.807) is 12.2 Å². The normalized spacial score (nSPS) is 18.3. The average Bonchev–Trinajstić information content (AvgIpc) is 1.97. The number of hydrogen-bond donors (Lipinski definition) is 1. The lowest BCUT2D eigenvalue weighted by atomic mass is 10.2. The summed E-state index contributed by atoms with van der Waals surface area (Å²) in [6.45, 7) is 2.02. The molecule has 0 spiro atoms. The maximum Gasteiger partial charge on any atom is 0.111 e. The Labute approximate surface area is 55.0 Å². The van der Waals surface area contributed by atoms with Gasteiger partial charge in [0.15, 0.2) is 0 Å². The Kier molecular flexibility index (Phi) is 1.73. The molecule has 1 aliphatic rings. The molecule has 0 saturated carbocycles. The third-order valence-electron chi connectivity index (χ3n) is 1.28. The predicted molar refractivity (Wildman–Crippen MR) is 38.2 cm³/mol. The fourth-order valence-corrected chi connectivity index (χ4v) is 0.718. The maximum absolute atomic E-state index is 8.95. The standard InChI is InChI=1S/C8H10O/c1-7-3-2-4-8(9)6-5-7/h3-6,9H,2H2,1H3. The Hall–Kier alpha value is -0.980. The van der Waals surface area contributed by atoms with E-state index in [9.17, 15) is 0 Å². The zero-order chi connectivity index (χ0) is 6.69. The van der Waals surface area contributed by atoms with Gasteiger partial charge in [-0.2, -0.15) is 0 Å². The third kappa shape index (κ3) is 1.76. The molecular weight excluding hydrogens is 112 g/mol. The largest absolute Gasteiger partial charge is 0.508 e. The highest BCUT2D eigenvalue weighted by molar-refractivity contribution is 5.27. The van der Waals surface area contributed by atoms with Crippen LogP contribution < -0.4 is 0 Å². The van der Waals surface area contributed by atoms with E-state index in [1.165, 1.54) is 5.57 Å². The average molecular weight is 122 g/mol. The number of aliphatic hydroxyl groups is 1. The van der Waals surface area contributed by atoms with E-state index >= 15 is 0 Å². The fourth-order valence-electron chi connectivity index (χ4n) is 0.718. The lowest BCUT2D eigenvalue weighted by Crippen LogP contribution is -1.68. The molecule has 0 saturated heterocycles. The van der Waals surface area contributed by atoms with Gasteiger partial charge in [-0.25, -0.2) is 0 Å². The second-order valence-electron chi connectivity index (χ2n) is 2.15. The molecule has 1 aliphatic carbocycles. The summed E-state index contributed by atoms with van der Waals surface area (Å²) in [5.74, 6) is 0.364. The van der Waals surface area contributed by atoms with Crippen LogP contribution in [0.3, 0.4) is 0 Å². The van der Waals surface area contributed by atoms with Crippen molar-refractivity contribution in [1.29, 1.82) is 0 Å². The van der Waals surface area contributed by atoms with Gasteiger partial charge in [0, 0.05) is 0 Å². The molecule has 0 atom stereocenters. The third-order valence-corrected chi connectivity index (χ3v) is 1.28. The van der Waals surface area contributed by atoms with Gasteiger partial charge in [-0.05, 0) is 25.5 Å². The van der Waals surface area contributed by atoms with Crippen molar-refractivity contribution in [2.75, 3.05) is 0 Å². The maximum atomic E-state index is 8.95. The lowest BCUT2D eigenvalue weighted by Gasteiger charge is -1.83. The van der Waals surface area contributed by atoms with Gasteiger partial charge in [0.1, 0.15) is 5.76 Å². The number of allylic oxidation sites excluding steroid dienone is 5. The van der Waals surface area contributed by atoms with Crippen LogP contribution in [0.2, 0.25) is 0 Å². The number of aliphatic hydroxyl groups excluding tert-OH is 1. The van der Waals surface area contributed by atoms with Crippen LogP contribution in [0.1, 0.15) is 13.3 Å². The van der Waals surface area contributed by atoms with Crippen molar-refractivity contribution >= 4 is 0 Å². The molecule has 1 heteroatoms. The van der Waals surface area contributed by atoms with Crippen LogP contribution in [-0.2, 0) is 0 Å². The highest BCUT2D eigenvalue weighted by Gasteiger charge is 1.89. The van der Waals surface area contributed by atoms with Crippen molar-refractivity contribution < 1.29 is 5.11 Å². The summed E-state index contributed by atoms with van der Waals surface area (Å²) in [6, 6.07) is 0. The quantitative estimate of drug-likeness (QED) is 0.522. The summed E-state index contributed by atoms with van der Waals surface area (Å²) in [7, 11) is 0. The molecule has 0 aromatic heterocycles. The summed E-state index contributed by atoms with van der Waals surface area (Å²) < 4.78 is 0. The van der Waals surface area contributed by atoms with Crippen LogP contribution in [0.15, 0.2) is 35.6 Å². The van der Waals surface area contributed by atoms with E-state index in [0.29, 0.717) is 5.76 Å². The minimum absolute atomic E-state index is 0.364. The summed E-state index contributed by atoms with van der Waals surface area (Å²) in [5.41, 5.74) is 1.20. The molecule has 0 heterocycles. The second-order valence-corrected chi connectivity index (χ2v) is 2.15. The number of rotatable bonds is 0. The molecule has 0 aromatic rings. The van der Waals surface area contributed by atoms with E-state index in [0.717, 1.165) is 6.42 Å². The van der Waals surface area contributed by atoms with Crippen molar-refractivity contribution in [2.45, 2.75) is 13.3 Å². The SMILES string of the molecule is CC1=CCC=C(O)C=C1. The molecular formula is C8H10O. The van der Waals surface area contributed by atoms with E-state index in [1.807, 2.05) is 13.0 Å². The molecule has 9 heavy (non-hydrogen) atoms. The first-order valence-corrected chi connectivity index (χ1v) is 3.03. The Morgan fingerprint density at radius 1 is 1.33 bits per heavy atom. The Morgan fingerprint density at radius 2 is 2.11 bits per heavy atom. The van der Waals surface area contributed by atoms with Crippen LogP contribution in [-0.4, -0.2) is 5.11 Å². The molecule has 1 nitrogen and oxygen atoms in total. The molecule has 1 N–H and O–H groups in total. The van der Waals surface area contributed by atoms with E-state index in [2.05, 4.69) is 6.08 Å². The van der Waals surface area contributed by atoms with Gasteiger partial charge < -0.3 is 5.11 Å². The van der Waals surface area contributed by atoms with Gasteiger partial charge >= 0.3 is 0 Å². The monoisotopic (exact) mass is 122 g/mol. The van der Waals surface area contributed by atoms with Gasteiger partial charge in [0.25, 0.3) is 0 Å². The van der Waals surface area contributed by atoms with E-state index < -0.39 is 0 Å². The first kappa shape index (κ1) is 6.14. The Bertz CT molecular complexity index is 165. The minimum atomic E-state index is 0.364.